The molecule has 15 heavy (non-hydrogen) atoms. The molecular weight excluding hydrogens is 254 g/mol. The Kier molecular flexibility index (Phi) is 2.77. The van der Waals surface area contributed by atoms with E-state index in [9.17, 15) is 0 Å². The van der Waals surface area contributed by atoms with Gasteiger partial charge in [0.05, 0.1) is 16.7 Å². The van der Waals surface area contributed by atoms with Crippen molar-refractivity contribution in [3.8, 4) is 0 Å². The van der Waals surface area contributed by atoms with Gasteiger partial charge in [0.15, 0.2) is 0 Å². The summed E-state index contributed by atoms with van der Waals surface area (Å²) in [6, 6.07) is 10.3. The van der Waals surface area contributed by atoms with E-state index in [0.29, 0.717) is 5.82 Å². The molecule has 0 radical (unpaired) electrons. The molecular formula is C11H12BrN3. The zero-order chi connectivity index (χ0) is 10.8. The summed E-state index contributed by atoms with van der Waals surface area (Å²) in [6.45, 7) is 2.07. The molecule has 1 heterocycles. The van der Waals surface area contributed by atoms with Crippen molar-refractivity contribution < 1.29 is 0 Å². The second-order valence-electron chi connectivity index (χ2n) is 3.41. The maximum absolute atomic E-state index is 5.89. The zero-order valence-electron chi connectivity index (χ0n) is 8.39. The Morgan fingerprint density at radius 3 is 2.53 bits per heavy atom. The minimum atomic E-state index is 0.150. The highest BCUT2D eigenvalue weighted by Crippen LogP contribution is 2.25. The molecule has 1 unspecified atom stereocenters. The largest absolute Gasteiger partial charge is 0.383 e. The van der Waals surface area contributed by atoms with Gasteiger partial charge in [-0.15, -0.1) is 0 Å². The van der Waals surface area contributed by atoms with E-state index in [1.165, 1.54) is 5.56 Å². The zero-order valence-corrected chi connectivity index (χ0v) is 9.98. The lowest BCUT2D eigenvalue weighted by Gasteiger charge is -2.14. The number of hydrogen-bond acceptors (Lipinski definition) is 2. The number of aromatic nitrogens is 2. The van der Waals surface area contributed by atoms with Crippen molar-refractivity contribution in [3.05, 3.63) is 46.6 Å². The van der Waals surface area contributed by atoms with Crippen LogP contribution in [0.15, 0.2) is 41.0 Å². The van der Waals surface area contributed by atoms with E-state index in [4.69, 9.17) is 5.73 Å². The molecule has 0 amide bonds. The van der Waals surface area contributed by atoms with Crippen LogP contribution in [0.4, 0.5) is 5.82 Å². The van der Waals surface area contributed by atoms with Crippen LogP contribution in [0, 0.1) is 0 Å². The SMILES string of the molecule is CC(c1ccccc1)n1ncc(Br)c1N. The number of nitrogens with zero attached hydrogens (tertiary/aromatic N) is 2. The summed E-state index contributed by atoms with van der Waals surface area (Å²) in [5.74, 6) is 0.659. The molecule has 78 valence electrons. The third-order valence-electron chi connectivity index (χ3n) is 2.44. The van der Waals surface area contributed by atoms with Crippen LogP contribution in [0.5, 0.6) is 0 Å². The van der Waals surface area contributed by atoms with E-state index in [1.54, 1.807) is 10.9 Å². The van der Waals surface area contributed by atoms with Crippen molar-refractivity contribution in [2.45, 2.75) is 13.0 Å². The number of anilines is 1. The number of benzene rings is 1. The third-order valence-corrected chi connectivity index (χ3v) is 3.05. The molecule has 4 heteroatoms. The summed E-state index contributed by atoms with van der Waals surface area (Å²) in [4.78, 5) is 0. The van der Waals surface area contributed by atoms with Gasteiger partial charge in [0.2, 0.25) is 0 Å². The van der Waals surface area contributed by atoms with Gasteiger partial charge in [0, 0.05) is 0 Å². The number of halogens is 1. The fraction of sp³-hybridized carbons (Fsp3) is 0.182. The van der Waals surface area contributed by atoms with Crippen molar-refractivity contribution in [1.29, 1.82) is 0 Å². The average molecular weight is 266 g/mol. The van der Waals surface area contributed by atoms with Crippen molar-refractivity contribution in [1.82, 2.24) is 9.78 Å². The number of nitrogen functional groups attached to an aromatic ring is 1. The van der Waals surface area contributed by atoms with Crippen LogP contribution in [0.1, 0.15) is 18.5 Å². The van der Waals surface area contributed by atoms with E-state index in [-0.39, 0.29) is 6.04 Å². The Morgan fingerprint density at radius 1 is 1.33 bits per heavy atom. The van der Waals surface area contributed by atoms with Gasteiger partial charge in [-0.05, 0) is 28.4 Å². The van der Waals surface area contributed by atoms with E-state index in [2.05, 4.69) is 40.1 Å². The van der Waals surface area contributed by atoms with Gasteiger partial charge in [0.1, 0.15) is 5.82 Å². The van der Waals surface area contributed by atoms with Crippen LogP contribution in [0.3, 0.4) is 0 Å². The molecule has 2 aromatic rings. The molecule has 1 aromatic heterocycles. The Labute approximate surface area is 97.0 Å². The van der Waals surface area contributed by atoms with Gasteiger partial charge in [-0.1, -0.05) is 30.3 Å². The lowest BCUT2D eigenvalue weighted by molar-refractivity contribution is 0.573. The van der Waals surface area contributed by atoms with Crippen LogP contribution >= 0.6 is 15.9 Å². The Balaban J connectivity index is 2.37. The fourth-order valence-corrected chi connectivity index (χ4v) is 1.81. The summed E-state index contributed by atoms with van der Waals surface area (Å²) >= 11 is 3.35. The van der Waals surface area contributed by atoms with Gasteiger partial charge in [0.25, 0.3) is 0 Å². The Morgan fingerprint density at radius 2 is 2.00 bits per heavy atom. The Bertz CT molecular complexity index is 450. The smallest absolute Gasteiger partial charge is 0.136 e. The molecule has 0 aliphatic rings. The van der Waals surface area contributed by atoms with Crippen LogP contribution in [-0.2, 0) is 0 Å². The maximum atomic E-state index is 5.89. The van der Waals surface area contributed by atoms with Gasteiger partial charge in [-0.25, -0.2) is 4.68 Å². The molecule has 0 aliphatic carbocycles. The summed E-state index contributed by atoms with van der Waals surface area (Å²) in [5.41, 5.74) is 7.09. The Hall–Kier alpha value is -1.29. The summed E-state index contributed by atoms with van der Waals surface area (Å²) < 4.78 is 2.64. The van der Waals surface area contributed by atoms with Gasteiger partial charge < -0.3 is 5.73 Å². The molecule has 1 aromatic carbocycles. The summed E-state index contributed by atoms with van der Waals surface area (Å²) in [7, 11) is 0. The molecule has 2 rings (SSSR count). The topological polar surface area (TPSA) is 43.8 Å². The van der Waals surface area contributed by atoms with Crippen LogP contribution in [-0.4, -0.2) is 9.78 Å². The first-order valence-electron chi connectivity index (χ1n) is 4.73. The molecule has 0 aliphatic heterocycles. The second kappa shape index (κ2) is 4.06. The van der Waals surface area contributed by atoms with Crippen LogP contribution < -0.4 is 5.73 Å². The van der Waals surface area contributed by atoms with Crippen molar-refractivity contribution in [2.75, 3.05) is 5.73 Å². The highest BCUT2D eigenvalue weighted by Gasteiger charge is 2.12. The van der Waals surface area contributed by atoms with Crippen molar-refractivity contribution >= 4 is 21.7 Å². The highest BCUT2D eigenvalue weighted by atomic mass is 79.9. The molecule has 0 saturated heterocycles. The molecule has 0 fully saturated rings. The second-order valence-corrected chi connectivity index (χ2v) is 4.26. The fourth-order valence-electron chi connectivity index (χ4n) is 1.53. The molecule has 1 atom stereocenters. The van der Waals surface area contributed by atoms with E-state index >= 15 is 0 Å². The average Bonchev–Trinajstić information content (AvgIpc) is 2.60. The number of hydrogen-bond donors (Lipinski definition) is 1. The van der Waals surface area contributed by atoms with Gasteiger partial charge in [-0.3, -0.25) is 0 Å². The quantitative estimate of drug-likeness (QED) is 0.908. The predicted molar refractivity (Wildman–Crippen MR) is 64.6 cm³/mol. The summed E-state index contributed by atoms with van der Waals surface area (Å²) in [5, 5.41) is 4.24. The number of nitrogens with two attached hydrogens (primary N) is 1. The molecule has 0 bridgehead atoms. The monoisotopic (exact) mass is 265 g/mol. The van der Waals surface area contributed by atoms with E-state index in [1.807, 2.05) is 18.2 Å². The first-order valence-corrected chi connectivity index (χ1v) is 5.53. The molecule has 0 spiro atoms. The predicted octanol–water partition coefficient (Wildman–Crippen LogP) is 2.84. The number of rotatable bonds is 2. The van der Waals surface area contributed by atoms with Gasteiger partial charge >= 0.3 is 0 Å². The van der Waals surface area contributed by atoms with Gasteiger partial charge in [-0.2, -0.15) is 5.10 Å². The molecule has 0 saturated carbocycles. The van der Waals surface area contributed by atoms with Crippen molar-refractivity contribution in [2.24, 2.45) is 0 Å². The van der Waals surface area contributed by atoms with Crippen molar-refractivity contribution in [3.63, 3.8) is 0 Å². The third kappa shape index (κ3) is 1.90. The normalized spacial score (nSPS) is 12.7. The molecule has 3 nitrogen and oxygen atoms in total. The maximum Gasteiger partial charge on any atom is 0.136 e. The highest BCUT2D eigenvalue weighted by molar-refractivity contribution is 9.10. The first-order chi connectivity index (χ1) is 7.20. The standard InChI is InChI=1S/C11H12BrN3/c1-8(9-5-3-2-4-6-9)15-11(13)10(12)7-14-15/h2-8H,13H2,1H3. The van der Waals surface area contributed by atoms with E-state index < -0.39 is 0 Å². The van der Waals surface area contributed by atoms with Crippen LogP contribution in [0.2, 0.25) is 0 Å². The summed E-state index contributed by atoms with van der Waals surface area (Å²) in [6.07, 6.45) is 1.72. The minimum absolute atomic E-state index is 0.150. The molecule has 2 N–H and O–H groups in total. The minimum Gasteiger partial charge on any atom is -0.383 e. The lowest BCUT2D eigenvalue weighted by Crippen LogP contribution is -2.11. The first kappa shape index (κ1) is 10.2. The van der Waals surface area contributed by atoms with Crippen LogP contribution in [0.25, 0.3) is 0 Å². The lowest BCUT2D eigenvalue weighted by atomic mass is 10.1. The van der Waals surface area contributed by atoms with E-state index in [0.717, 1.165) is 4.47 Å².